The van der Waals surface area contributed by atoms with Gasteiger partial charge >= 0.3 is 0 Å². The molecule has 0 bridgehead atoms. The van der Waals surface area contributed by atoms with E-state index in [4.69, 9.17) is 0 Å². The number of hydrogen-bond acceptors (Lipinski definition) is 1. The monoisotopic (exact) mass is 303 g/mol. The molecule has 0 spiro atoms. The Hall–Kier alpha value is 0.440. The van der Waals surface area contributed by atoms with Crippen LogP contribution in [0.2, 0.25) is 0 Å². The van der Waals surface area contributed by atoms with Gasteiger partial charge in [0.05, 0.1) is 0 Å². The Balaban J connectivity index is 2.47. The van der Waals surface area contributed by atoms with Crippen LogP contribution in [0, 0.1) is 17.3 Å². The van der Waals surface area contributed by atoms with E-state index in [0.29, 0.717) is 5.41 Å². The van der Waals surface area contributed by atoms with E-state index in [1.807, 2.05) is 0 Å². The summed E-state index contributed by atoms with van der Waals surface area (Å²) in [5.41, 5.74) is 0.411. The summed E-state index contributed by atoms with van der Waals surface area (Å²) in [4.78, 5) is 2.75. The van der Waals surface area contributed by atoms with Gasteiger partial charge in [-0.1, -0.05) is 50.5 Å². The zero-order valence-corrected chi connectivity index (χ0v) is 13.9. The van der Waals surface area contributed by atoms with Crippen molar-refractivity contribution >= 4 is 15.9 Å². The number of halogens is 1. The fourth-order valence-corrected chi connectivity index (χ4v) is 3.30. The van der Waals surface area contributed by atoms with Gasteiger partial charge in [-0.2, -0.15) is 0 Å². The number of alkyl halides is 1. The number of rotatable bonds is 7. The minimum atomic E-state index is 0.411. The van der Waals surface area contributed by atoms with Crippen molar-refractivity contribution in [2.24, 2.45) is 17.3 Å². The molecule has 0 aromatic rings. The second-order valence-electron chi connectivity index (χ2n) is 7.13. The molecule has 102 valence electrons. The lowest BCUT2D eigenvalue weighted by molar-refractivity contribution is 0.154. The highest BCUT2D eigenvalue weighted by Crippen LogP contribution is 2.33. The molecule has 1 atom stereocenters. The lowest BCUT2D eigenvalue weighted by Crippen LogP contribution is -2.38. The third-order valence-corrected chi connectivity index (χ3v) is 4.70. The van der Waals surface area contributed by atoms with Gasteiger partial charge in [-0.25, -0.2) is 0 Å². The van der Waals surface area contributed by atoms with Crippen LogP contribution in [-0.4, -0.2) is 29.4 Å². The third kappa shape index (κ3) is 5.74. The smallest absolute Gasteiger partial charge is 0.00965 e. The maximum Gasteiger partial charge on any atom is 0.00965 e. The van der Waals surface area contributed by atoms with Crippen LogP contribution < -0.4 is 0 Å². The maximum atomic E-state index is 3.70. The number of hydrogen-bond donors (Lipinski definition) is 0. The Bertz CT molecular complexity index is 215. The first kappa shape index (κ1) is 15.5. The second kappa shape index (κ2) is 6.56. The maximum absolute atomic E-state index is 3.70. The van der Waals surface area contributed by atoms with Crippen molar-refractivity contribution in [2.45, 2.75) is 59.9 Å². The van der Waals surface area contributed by atoms with E-state index < -0.39 is 0 Å². The van der Waals surface area contributed by atoms with Gasteiger partial charge in [0.2, 0.25) is 0 Å². The first-order valence-corrected chi connectivity index (χ1v) is 8.26. The summed E-state index contributed by atoms with van der Waals surface area (Å²) >= 11 is 3.70. The van der Waals surface area contributed by atoms with Gasteiger partial charge in [-0.05, 0) is 43.1 Å². The van der Waals surface area contributed by atoms with Gasteiger partial charge in [-0.3, -0.25) is 0 Å². The Labute approximate surface area is 116 Å². The van der Waals surface area contributed by atoms with Crippen LogP contribution in [-0.2, 0) is 0 Å². The summed E-state index contributed by atoms with van der Waals surface area (Å²) < 4.78 is 0. The molecule has 1 saturated carbocycles. The largest absolute Gasteiger partial charge is 0.300 e. The lowest BCUT2D eigenvalue weighted by Gasteiger charge is -2.35. The van der Waals surface area contributed by atoms with E-state index in [1.165, 1.54) is 32.4 Å². The van der Waals surface area contributed by atoms with E-state index in [2.05, 4.69) is 55.4 Å². The molecule has 1 rings (SSSR count). The van der Waals surface area contributed by atoms with Crippen molar-refractivity contribution in [3.05, 3.63) is 0 Å². The molecule has 0 amide bonds. The van der Waals surface area contributed by atoms with Gasteiger partial charge in [0.15, 0.2) is 0 Å². The third-order valence-electron chi connectivity index (χ3n) is 3.92. The molecule has 1 nitrogen and oxygen atoms in total. The molecule has 1 aliphatic carbocycles. The molecule has 1 fully saturated rings. The normalized spacial score (nSPS) is 19.1. The van der Waals surface area contributed by atoms with Gasteiger partial charge in [0.25, 0.3) is 0 Å². The van der Waals surface area contributed by atoms with Crippen molar-refractivity contribution in [3.8, 4) is 0 Å². The summed E-state index contributed by atoms with van der Waals surface area (Å²) in [6.07, 6.45) is 4.20. The molecule has 1 unspecified atom stereocenters. The molecule has 17 heavy (non-hydrogen) atoms. The Morgan fingerprint density at radius 2 is 1.82 bits per heavy atom. The Kier molecular flexibility index (Phi) is 5.98. The zero-order chi connectivity index (χ0) is 13.1. The van der Waals surface area contributed by atoms with Gasteiger partial charge in [0, 0.05) is 17.9 Å². The minimum absolute atomic E-state index is 0.411. The van der Waals surface area contributed by atoms with Crippen LogP contribution in [0.25, 0.3) is 0 Å². The van der Waals surface area contributed by atoms with E-state index in [9.17, 15) is 0 Å². The Morgan fingerprint density at radius 3 is 2.18 bits per heavy atom. The van der Waals surface area contributed by atoms with Crippen molar-refractivity contribution in [1.82, 2.24) is 4.90 Å². The Morgan fingerprint density at radius 1 is 1.24 bits per heavy atom. The standard InChI is InChI=1S/C15H30BrN/c1-12(2)8-9-17(14-6-7-14)11-13(10-16)15(3,4)5/h12-14H,6-11H2,1-5H3. The second-order valence-corrected chi connectivity index (χ2v) is 7.77. The molecule has 0 aromatic heterocycles. The molecule has 0 aliphatic heterocycles. The van der Waals surface area contributed by atoms with Crippen LogP contribution in [0.4, 0.5) is 0 Å². The average molecular weight is 304 g/mol. The predicted molar refractivity (Wildman–Crippen MR) is 80.8 cm³/mol. The fourth-order valence-electron chi connectivity index (χ4n) is 2.12. The van der Waals surface area contributed by atoms with Crippen molar-refractivity contribution < 1.29 is 0 Å². The van der Waals surface area contributed by atoms with Crippen LogP contribution in [0.15, 0.2) is 0 Å². The highest BCUT2D eigenvalue weighted by Gasteiger charge is 2.33. The minimum Gasteiger partial charge on any atom is -0.300 e. The highest BCUT2D eigenvalue weighted by molar-refractivity contribution is 9.09. The van der Waals surface area contributed by atoms with Crippen LogP contribution >= 0.6 is 15.9 Å². The molecule has 0 N–H and O–H groups in total. The molecule has 0 radical (unpaired) electrons. The average Bonchev–Trinajstić information content (AvgIpc) is 2.99. The summed E-state index contributed by atoms with van der Waals surface area (Å²) in [6, 6.07) is 0.901. The quantitative estimate of drug-likeness (QED) is 0.624. The number of nitrogens with zero attached hydrogens (tertiary/aromatic N) is 1. The SMILES string of the molecule is CC(C)CCN(CC(CBr)C(C)(C)C)C1CC1. The topological polar surface area (TPSA) is 3.24 Å². The summed E-state index contributed by atoms with van der Waals surface area (Å²) in [7, 11) is 0. The van der Waals surface area contributed by atoms with Crippen LogP contribution in [0.3, 0.4) is 0 Å². The molecule has 0 saturated heterocycles. The zero-order valence-electron chi connectivity index (χ0n) is 12.3. The van der Waals surface area contributed by atoms with E-state index in [-0.39, 0.29) is 0 Å². The van der Waals surface area contributed by atoms with Gasteiger partial charge < -0.3 is 4.90 Å². The van der Waals surface area contributed by atoms with Crippen LogP contribution in [0.1, 0.15) is 53.9 Å². The van der Waals surface area contributed by atoms with Gasteiger partial charge in [0.1, 0.15) is 0 Å². The first-order chi connectivity index (χ1) is 7.84. The van der Waals surface area contributed by atoms with Crippen molar-refractivity contribution in [2.75, 3.05) is 18.4 Å². The van der Waals surface area contributed by atoms with Gasteiger partial charge in [-0.15, -0.1) is 0 Å². The van der Waals surface area contributed by atoms with E-state index in [1.54, 1.807) is 0 Å². The summed E-state index contributed by atoms with van der Waals surface area (Å²) in [5.74, 6) is 1.59. The highest BCUT2D eigenvalue weighted by atomic mass is 79.9. The summed E-state index contributed by atoms with van der Waals surface area (Å²) in [6.45, 7) is 14.3. The first-order valence-electron chi connectivity index (χ1n) is 7.14. The molecular formula is C15H30BrN. The van der Waals surface area contributed by atoms with Crippen LogP contribution in [0.5, 0.6) is 0 Å². The lowest BCUT2D eigenvalue weighted by atomic mass is 9.81. The molecule has 2 heteroatoms. The summed E-state index contributed by atoms with van der Waals surface area (Å²) in [5, 5.41) is 1.13. The molecule has 0 heterocycles. The molecule has 0 aromatic carbocycles. The molecule has 1 aliphatic rings. The predicted octanol–water partition coefficient (Wildman–Crippen LogP) is 4.55. The van der Waals surface area contributed by atoms with E-state index in [0.717, 1.165) is 23.2 Å². The molecular weight excluding hydrogens is 274 g/mol. The van der Waals surface area contributed by atoms with E-state index >= 15 is 0 Å². The van der Waals surface area contributed by atoms with Crippen molar-refractivity contribution in [1.29, 1.82) is 0 Å². The van der Waals surface area contributed by atoms with Crippen molar-refractivity contribution in [3.63, 3.8) is 0 Å². The fraction of sp³-hybridized carbons (Fsp3) is 1.00.